The van der Waals surface area contributed by atoms with Gasteiger partial charge < -0.3 is 10.6 Å². The molecule has 3 nitrogen and oxygen atoms in total. The summed E-state index contributed by atoms with van der Waals surface area (Å²) < 4.78 is 0. The number of piperazine rings is 1. The summed E-state index contributed by atoms with van der Waals surface area (Å²) in [5, 5.41) is 6.21. The monoisotopic (exact) mass is 168 g/mol. The maximum atomic E-state index is 11.5. The summed E-state index contributed by atoms with van der Waals surface area (Å²) in [5.41, 5.74) is -0.278. The molecule has 0 aromatic heterocycles. The Morgan fingerprint density at radius 1 is 1.50 bits per heavy atom. The fourth-order valence-electron chi connectivity index (χ4n) is 1.85. The van der Waals surface area contributed by atoms with Gasteiger partial charge in [-0.25, -0.2) is 0 Å². The summed E-state index contributed by atoms with van der Waals surface area (Å²) in [7, 11) is 0. The second kappa shape index (κ2) is 2.73. The molecule has 0 aromatic rings. The standard InChI is InChI=1S/C9H16N2O/c1-9(6-7-2-3-7)8(12)10-4-5-11-9/h7,11H,2-6H2,1H3,(H,10,12). The van der Waals surface area contributed by atoms with E-state index in [9.17, 15) is 4.79 Å². The molecule has 1 saturated heterocycles. The highest BCUT2D eigenvalue weighted by atomic mass is 16.2. The minimum absolute atomic E-state index is 0.181. The number of carbonyl (C=O) groups excluding carboxylic acids is 1. The average Bonchev–Trinajstić information content (AvgIpc) is 2.79. The van der Waals surface area contributed by atoms with Gasteiger partial charge in [0.25, 0.3) is 0 Å². The molecule has 2 fully saturated rings. The van der Waals surface area contributed by atoms with Crippen molar-refractivity contribution in [1.82, 2.24) is 10.6 Å². The Hall–Kier alpha value is -0.570. The number of amides is 1. The number of carbonyl (C=O) groups is 1. The third-order valence-corrected chi connectivity index (χ3v) is 2.82. The molecule has 0 aromatic carbocycles. The quantitative estimate of drug-likeness (QED) is 0.621. The van der Waals surface area contributed by atoms with E-state index in [1.165, 1.54) is 12.8 Å². The van der Waals surface area contributed by atoms with Gasteiger partial charge in [0, 0.05) is 13.1 Å². The van der Waals surface area contributed by atoms with Gasteiger partial charge in [0.05, 0.1) is 5.54 Å². The summed E-state index contributed by atoms with van der Waals surface area (Å²) in [6.07, 6.45) is 3.63. The lowest BCUT2D eigenvalue weighted by molar-refractivity contribution is -0.129. The van der Waals surface area contributed by atoms with E-state index in [4.69, 9.17) is 0 Å². The lowest BCUT2D eigenvalue weighted by Gasteiger charge is -2.33. The number of hydrogen-bond acceptors (Lipinski definition) is 2. The van der Waals surface area contributed by atoms with Crippen LogP contribution in [-0.2, 0) is 4.79 Å². The molecule has 12 heavy (non-hydrogen) atoms. The van der Waals surface area contributed by atoms with Crippen molar-refractivity contribution in [1.29, 1.82) is 0 Å². The number of nitrogens with one attached hydrogen (secondary N) is 2. The van der Waals surface area contributed by atoms with Crippen LogP contribution in [-0.4, -0.2) is 24.5 Å². The molecule has 1 saturated carbocycles. The van der Waals surface area contributed by atoms with Gasteiger partial charge in [-0.1, -0.05) is 12.8 Å². The highest BCUT2D eigenvalue weighted by Crippen LogP contribution is 2.37. The molecule has 1 aliphatic heterocycles. The minimum Gasteiger partial charge on any atom is -0.353 e. The maximum absolute atomic E-state index is 11.5. The zero-order valence-corrected chi connectivity index (χ0v) is 7.52. The van der Waals surface area contributed by atoms with Crippen LogP contribution in [0.25, 0.3) is 0 Å². The fourth-order valence-corrected chi connectivity index (χ4v) is 1.85. The van der Waals surface area contributed by atoms with Crippen LogP contribution >= 0.6 is 0 Å². The number of rotatable bonds is 2. The molecular formula is C9H16N2O. The largest absolute Gasteiger partial charge is 0.353 e. The molecule has 0 radical (unpaired) electrons. The fraction of sp³-hybridized carbons (Fsp3) is 0.889. The molecule has 1 unspecified atom stereocenters. The SMILES string of the molecule is CC1(CC2CC2)NCCNC1=O. The van der Waals surface area contributed by atoms with Crippen LogP contribution in [0, 0.1) is 5.92 Å². The summed E-state index contributed by atoms with van der Waals surface area (Å²) >= 11 is 0. The first-order chi connectivity index (χ1) is 5.71. The van der Waals surface area contributed by atoms with Crippen molar-refractivity contribution in [2.45, 2.75) is 31.7 Å². The van der Waals surface area contributed by atoms with E-state index in [1.54, 1.807) is 0 Å². The highest BCUT2D eigenvalue weighted by molar-refractivity contribution is 5.86. The van der Waals surface area contributed by atoms with E-state index >= 15 is 0 Å². The van der Waals surface area contributed by atoms with Crippen LogP contribution in [0.4, 0.5) is 0 Å². The lowest BCUT2D eigenvalue weighted by atomic mass is 9.92. The van der Waals surface area contributed by atoms with E-state index < -0.39 is 0 Å². The normalized spacial score (nSPS) is 36.2. The first kappa shape index (κ1) is 8.05. The first-order valence-electron chi connectivity index (χ1n) is 4.74. The van der Waals surface area contributed by atoms with E-state index in [-0.39, 0.29) is 11.4 Å². The average molecular weight is 168 g/mol. The second-order valence-electron chi connectivity index (χ2n) is 4.16. The Balaban J connectivity index is 1.99. The van der Waals surface area contributed by atoms with Gasteiger partial charge in [-0.2, -0.15) is 0 Å². The lowest BCUT2D eigenvalue weighted by Crippen LogP contribution is -2.61. The Morgan fingerprint density at radius 3 is 2.83 bits per heavy atom. The van der Waals surface area contributed by atoms with E-state index in [0.717, 1.165) is 25.4 Å². The van der Waals surface area contributed by atoms with Gasteiger partial charge >= 0.3 is 0 Å². The third kappa shape index (κ3) is 1.46. The molecule has 1 atom stereocenters. The van der Waals surface area contributed by atoms with Gasteiger partial charge in [-0.15, -0.1) is 0 Å². The van der Waals surface area contributed by atoms with Gasteiger partial charge in [0.1, 0.15) is 0 Å². The van der Waals surface area contributed by atoms with Crippen LogP contribution in [0.1, 0.15) is 26.2 Å². The topological polar surface area (TPSA) is 41.1 Å². The summed E-state index contributed by atoms with van der Waals surface area (Å²) in [6.45, 7) is 3.70. The molecule has 68 valence electrons. The van der Waals surface area contributed by atoms with Gasteiger partial charge in [0.2, 0.25) is 5.91 Å². The predicted molar refractivity (Wildman–Crippen MR) is 46.8 cm³/mol. The Morgan fingerprint density at radius 2 is 2.25 bits per heavy atom. The smallest absolute Gasteiger partial charge is 0.240 e. The summed E-state index contributed by atoms with van der Waals surface area (Å²) in [4.78, 5) is 11.5. The van der Waals surface area contributed by atoms with Crippen molar-refractivity contribution < 1.29 is 4.79 Å². The van der Waals surface area contributed by atoms with Crippen molar-refractivity contribution in [2.75, 3.05) is 13.1 Å². The van der Waals surface area contributed by atoms with E-state index in [1.807, 2.05) is 6.92 Å². The van der Waals surface area contributed by atoms with Crippen molar-refractivity contribution in [3.63, 3.8) is 0 Å². The second-order valence-corrected chi connectivity index (χ2v) is 4.16. The Bertz CT molecular complexity index is 201. The Kier molecular flexibility index (Phi) is 1.83. The third-order valence-electron chi connectivity index (χ3n) is 2.82. The molecule has 0 spiro atoms. The van der Waals surface area contributed by atoms with Gasteiger partial charge in [-0.05, 0) is 19.3 Å². The molecule has 2 aliphatic rings. The molecule has 1 amide bonds. The van der Waals surface area contributed by atoms with Crippen molar-refractivity contribution in [3.8, 4) is 0 Å². The van der Waals surface area contributed by atoms with E-state index in [0.29, 0.717) is 0 Å². The molecule has 2 N–H and O–H groups in total. The van der Waals surface area contributed by atoms with Crippen LogP contribution < -0.4 is 10.6 Å². The summed E-state index contributed by atoms with van der Waals surface area (Å²) in [5.74, 6) is 0.979. The summed E-state index contributed by atoms with van der Waals surface area (Å²) in [6, 6.07) is 0. The van der Waals surface area contributed by atoms with Crippen LogP contribution in [0.15, 0.2) is 0 Å². The van der Waals surface area contributed by atoms with Crippen molar-refractivity contribution >= 4 is 5.91 Å². The zero-order valence-electron chi connectivity index (χ0n) is 7.52. The van der Waals surface area contributed by atoms with Crippen LogP contribution in [0.2, 0.25) is 0 Å². The Labute approximate surface area is 72.9 Å². The van der Waals surface area contributed by atoms with Crippen LogP contribution in [0.5, 0.6) is 0 Å². The molecular weight excluding hydrogens is 152 g/mol. The van der Waals surface area contributed by atoms with Crippen LogP contribution in [0.3, 0.4) is 0 Å². The maximum Gasteiger partial charge on any atom is 0.240 e. The predicted octanol–water partition coefficient (Wildman–Crippen LogP) is 0.265. The molecule has 3 heteroatoms. The van der Waals surface area contributed by atoms with Gasteiger partial charge in [-0.3, -0.25) is 4.79 Å². The first-order valence-corrected chi connectivity index (χ1v) is 4.74. The molecule has 1 aliphatic carbocycles. The van der Waals surface area contributed by atoms with Crippen molar-refractivity contribution in [2.24, 2.45) is 5.92 Å². The molecule has 2 rings (SSSR count). The molecule has 0 bridgehead atoms. The minimum atomic E-state index is -0.278. The zero-order chi connectivity index (χ0) is 8.60. The number of hydrogen-bond donors (Lipinski definition) is 2. The van der Waals surface area contributed by atoms with E-state index in [2.05, 4.69) is 10.6 Å². The van der Waals surface area contributed by atoms with Gasteiger partial charge in [0.15, 0.2) is 0 Å². The van der Waals surface area contributed by atoms with Crippen molar-refractivity contribution in [3.05, 3.63) is 0 Å². The molecule has 1 heterocycles. The highest BCUT2D eigenvalue weighted by Gasteiger charge is 2.39.